The monoisotopic (exact) mass is 502 g/mol. The number of halogens is 2. The second-order valence-corrected chi connectivity index (χ2v) is 9.89. The van der Waals surface area contributed by atoms with E-state index in [1.54, 1.807) is 12.1 Å². The van der Waals surface area contributed by atoms with E-state index in [2.05, 4.69) is 20.4 Å². The molecule has 180 valence electrons. The zero-order valence-corrected chi connectivity index (χ0v) is 20.5. The Morgan fingerprint density at radius 1 is 1.24 bits per heavy atom. The van der Waals surface area contributed by atoms with Crippen LogP contribution in [0.4, 0.5) is 4.39 Å². The molecule has 1 aromatic heterocycles. The van der Waals surface area contributed by atoms with Crippen molar-refractivity contribution in [3.8, 4) is 11.4 Å². The van der Waals surface area contributed by atoms with Gasteiger partial charge in [-0.15, -0.1) is 0 Å². The quantitative estimate of drug-likeness (QED) is 0.385. The number of carbonyl (C=O) groups is 1. The topological polar surface area (TPSA) is 71.3 Å². The summed E-state index contributed by atoms with van der Waals surface area (Å²) in [6, 6.07) is 13.9. The maximum Gasteiger partial charge on any atom is 0.241 e. The lowest BCUT2D eigenvalue weighted by atomic mass is 9.97. The normalized spacial score (nSPS) is 16.5. The maximum atomic E-state index is 13.1. The molecule has 0 aliphatic carbocycles. The van der Waals surface area contributed by atoms with Gasteiger partial charge in [0.05, 0.1) is 12.5 Å². The van der Waals surface area contributed by atoms with Gasteiger partial charge in [0.1, 0.15) is 5.82 Å². The second kappa shape index (κ2) is 12.3. The molecule has 3 aromatic rings. The summed E-state index contributed by atoms with van der Waals surface area (Å²) >= 11 is 8.01. The van der Waals surface area contributed by atoms with Crippen molar-refractivity contribution in [2.45, 2.75) is 31.6 Å². The van der Waals surface area contributed by atoms with Gasteiger partial charge >= 0.3 is 0 Å². The van der Waals surface area contributed by atoms with E-state index >= 15 is 0 Å². The van der Waals surface area contributed by atoms with Gasteiger partial charge in [-0.2, -0.15) is 16.7 Å². The fourth-order valence-electron chi connectivity index (χ4n) is 3.97. The molecule has 1 saturated heterocycles. The summed E-state index contributed by atoms with van der Waals surface area (Å²) in [6.45, 7) is 2.73. The number of nitrogens with zero attached hydrogens (tertiary/aromatic N) is 3. The highest BCUT2D eigenvalue weighted by atomic mass is 35.5. The fourth-order valence-corrected chi connectivity index (χ4v) is 5.21. The third-order valence-corrected chi connectivity index (χ3v) is 7.25. The SMILES string of the molecule is O=C(NCCCSCc1ccccc1Cl)C1CCCN(Cc2nc(-c3ccc(F)cc3)no2)C1. The zero-order chi connectivity index (χ0) is 23.8. The van der Waals surface area contributed by atoms with Crippen molar-refractivity contribution in [1.82, 2.24) is 20.4 Å². The first kappa shape index (κ1) is 24.7. The smallest absolute Gasteiger partial charge is 0.241 e. The van der Waals surface area contributed by atoms with Gasteiger partial charge in [0.25, 0.3) is 0 Å². The molecule has 1 aliphatic heterocycles. The zero-order valence-electron chi connectivity index (χ0n) is 18.9. The minimum atomic E-state index is -0.305. The standard InChI is InChI=1S/C25H28ClFN4O2S/c26-22-7-2-1-5-20(22)17-34-14-4-12-28-25(32)19-6-3-13-31(15-19)16-23-29-24(30-33-23)18-8-10-21(27)11-9-18/h1-2,5,7-11,19H,3-4,6,12-17H2,(H,28,32). The Morgan fingerprint density at radius 2 is 2.06 bits per heavy atom. The van der Waals surface area contributed by atoms with Crippen molar-refractivity contribution in [1.29, 1.82) is 0 Å². The average molecular weight is 503 g/mol. The van der Waals surface area contributed by atoms with Crippen molar-refractivity contribution in [3.05, 3.63) is 70.8 Å². The number of piperidine rings is 1. The van der Waals surface area contributed by atoms with Gasteiger partial charge in [0, 0.05) is 29.4 Å². The van der Waals surface area contributed by atoms with Gasteiger partial charge in [-0.1, -0.05) is 35.0 Å². The fraction of sp³-hybridized carbons (Fsp3) is 0.400. The van der Waals surface area contributed by atoms with Gasteiger partial charge in [-0.05, 0) is 67.5 Å². The van der Waals surface area contributed by atoms with E-state index in [-0.39, 0.29) is 17.6 Å². The Labute approximate surface area is 208 Å². The molecule has 2 heterocycles. The van der Waals surface area contributed by atoms with Crippen molar-refractivity contribution in [2.75, 3.05) is 25.4 Å². The molecule has 4 rings (SSSR count). The highest BCUT2D eigenvalue weighted by molar-refractivity contribution is 7.98. The Kier molecular flexibility index (Phi) is 8.96. The van der Waals surface area contributed by atoms with Crippen LogP contribution in [0.1, 0.15) is 30.7 Å². The number of thioether (sulfide) groups is 1. The number of carbonyl (C=O) groups excluding carboxylic acids is 1. The summed E-state index contributed by atoms with van der Waals surface area (Å²) in [7, 11) is 0. The molecule has 34 heavy (non-hydrogen) atoms. The molecule has 0 radical (unpaired) electrons. The number of likely N-dealkylation sites (tertiary alicyclic amines) is 1. The van der Waals surface area contributed by atoms with Crippen molar-refractivity contribution in [3.63, 3.8) is 0 Å². The molecule has 1 amide bonds. The summed E-state index contributed by atoms with van der Waals surface area (Å²) in [5, 5.41) is 7.89. The third kappa shape index (κ3) is 7.04. The molecule has 0 bridgehead atoms. The van der Waals surface area contributed by atoms with Crippen LogP contribution in [0.25, 0.3) is 11.4 Å². The molecule has 9 heteroatoms. The number of aromatic nitrogens is 2. The highest BCUT2D eigenvalue weighted by Crippen LogP contribution is 2.22. The van der Waals surface area contributed by atoms with Crippen LogP contribution in [0, 0.1) is 11.7 Å². The predicted octanol–water partition coefficient (Wildman–Crippen LogP) is 5.18. The molecular formula is C25H28ClFN4O2S. The van der Waals surface area contributed by atoms with Crippen LogP contribution in [-0.4, -0.2) is 46.3 Å². The van der Waals surface area contributed by atoms with Crippen LogP contribution >= 0.6 is 23.4 Å². The van der Waals surface area contributed by atoms with E-state index < -0.39 is 0 Å². The first-order valence-corrected chi connectivity index (χ1v) is 13.0. The molecular weight excluding hydrogens is 475 g/mol. The first-order valence-electron chi connectivity index (χ1n) is 11.5. The van der Waals surface area contributed by atoms with Gasteiger partial charge in [-0.3, -0.25) is 9.69 Å². The van der Waals surface area contributed by atoms with Crippen molar-refractivity contribution >= 4 is 29.3 Å². The van der Waals surface area contributed by atoms with E-state index in [1.165, 1.54) is 12.1 Å². The Morgan fingerprint density at radius 3 is 2.88 bits per heavy atom. The predicted molar refractivity (Wildman–Crippen MR) is 133 cm³/mol. The van der Waals surface area contributed by atoms with E-state index in [0.717, 1.165) is 47.9 Å². The van der Waals surface area contributed by atoms with Crippen LogP contribution in [0.2, 0.25) is 5.02 Å². The van der Waals surface area contributed by atoms with Crippen molar-refractivity contribution in [2.24, 2.45) is 5.92 Å². The molecule has 1 unspecified atom stereocenters. The van der Waals surface area contributed by atoms with Crippen LogP contribution < -0.4 is 5.32 Å². The summed E-state index contributed by atoms with van der Waals surface area (Å²) in [5.74, 6) is 2.55. The van der Waals surface area contributed by atoms with Crippen LogP contribution in [0.5, 0.6) is 0 Å². The summed E-state index contributed by atoms with van der Waals surface area (Å²) in [4.78, 5) is 19.3. The number of rotatable bonds is 10. The largest absolute Gasteiger partial charge is 0.356 e. The minimum Gasteiger partial charge on any atom is -0.356 e. The molecule has 2 aromatic carbocycles. The Hall–Kier alpha value is -2.42. The number of hydrogen-bond acceptors (Lipinski definition) is 6. The first-order chi connectivity index (χ1) is 16.6. The van der Waals surface area contributed by atoms with Gasteiger partial charge in [0.2, 0.25) is 17.6 Å². The summed E-state index contributed by atoms with van der Waals surface area (Å²) in [5.41, 5.74) is 1.85. The molecule has 1 N–H and O–H groups in total. The van der Waals surface area contributed by atoms with Crippen LogP contribution in [0.3, 0.4) is 0 Å². The van der Waals surface area contributed by atoms with E-state index in [1.807, 2.05) is 36.0 Å². The van der Waals surface area contributed by atoms with Gasteiger partial charge in [-0.25, -0.2) is 4.39 Å². The maximum absolute atomic E-state index is 13.1. The van der Waals surface area contributed by atoms with Gasteiger partial charge in [0.15, 0.2) is 0 Å². The van der Waals surface area contributed by atoms with Crippen molar-refractivity contribution < 1.29 is 13.7 Å². The van der Waals surface area contributed by atoms with Gasteiger partial charge < -0.3 is 9.84 Å². The number of benzene rings is 2. The molecule has 1 fully saturated rings. The number of nitrogens with one attached hydrogen (secondary N) is 1. The Balaban J connectivity index is 1.17. The lowest BCUT2D eigenvalue weighted by molar-refractivity contribution is -0.126. The molecule has 0 saturated carbocycles. The molecule has 1 atom stereocenters. The van der Waals surface area contributed by atoms with E-state index in [9.17, 15) is 9.18 Å². The minimum absolute atomic E-state index is 0.0379. The third-order valence-electron chi connectivity index (χ3n) is 5.79. The summed E-state index contributed by atoms with van der Waals surface area (Å²) in [6.07, 6.45) is 2.75. The lowest BCUT2D eigenvalue weighted by Crippen LogP contribution is -2.43. The van der Waals surface area contributed by atoms with E-state index in [4.69, 9.17) is 16.1 Å². The second-order valence-electron chi connectivity index (χ2n) is 8.38. The van der Waals surface area contributed by atoms with Crippen LogP contribution in [-0.2, 0) is 17.1 Å². The molecule has 1 aliphatic rings. The Bertz CT molecular complexity index is 1080. The highest BCUT2D eigenvalue weighted by Gasteiger charge is 2.26. The average Bonchev–Trinajstić information content (AvgIpc) is 3.31. The number of amides is 1. The molecule has 6 nitrogen and oxygen atoms in total. The molecule has 0 spiro atoms. The van der Waals surface area contributed by atoms with E-state index in [0.29, 0.717) is 36.9 Å². The summed E-state index contributed by atoms with van der Waals surface area (Å²) < 4.78 is 18.5. The lowest BCUT2D eigenvalue weighted by Gasteiger charge is -2.30. The van der Waals surface area contributed by atoms with Crippen LogP contribution in [0.15, 0.2) is 53.1 Å². The number of hydrogen-bond donors (Lipinski definition) is 1.